The molecule has 0 aliphatic carbocycles. The topological polar surface area (TPSA) is 96.9 Å². The fourth-order valence-electron chi connectivity index (χ4n) is 2.26. The van der Waals surface area contributed by atoms with E-state index in [2.05, 4.69) is 15.3 Å². The Morgan fingerprint density at radius 3 is 2.75 bits per heavy atom. The van der Waals surface area contributed by atoms with E-state index >= 15 is 0 Å². The largest absolute Gasteiger partial charge is 0.347 e. The van der Waals surface area contributed by atoms with Crippen LogP contribution in [0.1, 0.15) is 16.1 Å². The van der Waals surface area contributed by atoms with Crippen LogP contribution >= 0.6 is 11.6 Å². The van der Waals surface area contributed by atoms with Gasteiger partial charge in [0.05, 0.1) is 5.39 Å². The summed E-state index contributed by atoms with van der Waals surface area (Å²) in [6.07, 6.45) is 0. The molecule has 3 rings (SSSR count). The number of fused-ring (bicyclic) bond motifs is 1. The third-order valence-corrected chi connectivity index (χ3v) is 3.96. The van der Waals surface area contributed by atoms with Crippen LogP contribution in [0.2, 0.25) is 5.02 Å². The van der Waals surface area contributed by atoms with Gasteiger partial charge in [-0.3, -0.25) is 19.1 Å². The Morgan fingerprint density at radius 2 is 2.00 bits per heavy atom. The number of hydrogen-bond acceptors (Lipinski definition) is 4. The Hall–Kier alpha value is -2.93. The molecule has 122 valence electrons. The molecule has 0 atom stereocenters. The summed E-state index contributed by atoms with van der Waals surface area (Å²) in [6.45, 7) is 0.243. The Morgan fingerprint density at radius 1 is 1.25 bits per heavy atom. The van der Waals surface area contributed by atoms with Crippen LogP contribution in [0.25, 0.3) is 11.0 Å². The summed E-state index contributed by atoms with van der Waals surface area (Å²) in [5.74, 6) is -0.426. The smallest absolute Gasteiger partial charge is 0.329 e. The Bertz CT molecular complexity index is 1060. The molecule has 0 unspecified atom stereocenters. The molecule has 0 bridgehead atoms. The van der Waals surface area contributed by atoms with Crippen LogP contribution in [-0.2, 0) is 13.6 Å². The molecule has 2 aromatic heterocycles. The number of carbonyl (C=O) groups excluding carboxylic acids is 1. The van der Waals surface area contributed by atoms with Gasteiger partial charge >= 0.3 is 5.69 Å². The second-order valence-corrected chi connectivity index (χ2v) is 5.57. The summed E-state index contributed by atoms with van der Waals surface area (Å²) < 4.78 is 1.18. The van der Waals surface area contributed by atoms with Gasteiger partial charge in [-0.15, -0.1) is 0 Å². The first-order chi connectivity index (χ1) is 11.5. The van der Waals surface area contributed by atoms with Gasteiger partial charge in [-0.25, -0.2) is 9.78 Å². The molecule has 0 fully saturated rings. The quantitative estimate of drug-likeness (QED) is 0.746. The number of hydrogen-bond donors (Lipinski definition) is 2. The average molecular weight is 345 g/mol. The Kier molecular flexibility index (Phi) is 4.18. The number of amides is 1. The summed E-state index contributed by atoms with van der Waals surface area (Å²) in [5.41, 5.74) is -0.0984. The van der Waals surface area contributed by atoms with Gasteiger partial charge in [0.2, 0.25) is 0 Å². The first-order valence-corrected chi connectivity index (χ1v) is 7.47. The number of nitrogens with one attached hydrogen (secondary N) is 2. The maximum absolute atomic E-state index is 12.3. The van der Waals surface area contributed by atoms with E-state index in [1.54, 1.807) is 18.2 Å². The van der Waals surface area contributed by atoms with E-state index in [1.165, 1.54) is 23.7 Å². The van der Waals surface area contributed by atoms with Gasteiger partial charge < -0.3 is 5.32 Å². The summed E-state index contributed by atoms with van der Waals surface area (Å²) in [6, 6.07) is 10.1. The molecule has 2 heterocycles. The number of pyridine rings is 1. The van der Waals surface area contributed by atoms with Gasteiger partial charge in [0.25, 0.3) is 11.5 Å². The molecule has 1 aromatic carbocycles. The van der Waals surface area contributed by atoms with Crippen molar-refractivity contribution in [2.45, 2.75) is 6.54 Å². The molecule has 1 amide bonds. The highest BCUT2D eigenvalue weighted by Crippen LogP contribution is 2.14. The SMILES string of the molecule is Cn1c(=O)[nH]c(=O)c2ccc(C(=O)NCc3ccccc3Cl)nc21. The number of rotatable bonds is 3. The van der Waals surface area contributed by atoms with E-state index < -0.39 is 17.2 Å². The van der Waals surface area contributed by atoms with E-state index in [-0.39, 0.29) is 23.3 Å². The van der Waals surface area contributed by atoms with Gasteiger partial charge in [-0.2, -0.15) is 0 Å². The lowest BCUT2D eigenvalue weighted by Crippen LogP contribution is -2.30. The van der Waals surface area contributed by atoms with Crippen molar-refractivity contribution in [3.63, 3.8) is 0 Å². The van der Waals surface area contributed by atoms with Crippen molar-refractivity contribution in [2.75, 3.05) is 0 Å². The lowest BCUT2D eigenvalue weighted by molar-refractivity contribution is 0.0946. The van der Waals surface area contributed by atoms with Gasteiger partial charge in [0, 0.05) is 18.6 Å². The first-order valence-electron chi connectivity index (χ1n) is 7.09. The van der Waals surface area contributed by atoms with Crippen molar-refractivity contribution in [2.24, 2.45) is 7.05 Å². The van der Waals surface area contributed by atoms with Crippen LogP contribution in [0.15, 0.2) is 46.0 Å². The summed E-state index contributed by atoms with van der Waals surface area (Å²) >= 11 is 6.04. The minimum absolute atomic E-state index is 0.107. The maximum atomic E-state index is 12.3. The summed E-state index contributed by atoms with van der Waals surface area (Å²) in [4.78, 5) is 42.0. The maximum Gasteiger partial charge on any atom is 0.329 e. The van der Waals surface area contributed by atoms with Gasteiger partial charge in [0.15, 0.2) is 0 Å². The number of nitrogens with zero attached hydrogens (tertiary/aromatic N) is 2. The lowest BCUT2D eigenvalue weighted by atomic mass is 10.2. The monoisotopic (exact) mass is 344 g/mol. The van der Waals surface area contributed by atoms with Gasteiger partial charge in [0.1, 0.15) is 11.3 Å². The third kappa shape index (κ3) is 2.93. The minimum atomic E-state index is -0.589. The zero-order valence-corrected chi connectivity index (χ0v) is 13.4. The van der Waals surface area contributed by atoms with Crippen LogP contribution < -0.4 is 16.6 Å². The van der Waals surface area contributed by atoms with E-state index in [4.69, 9.17) is 11.6 Å². The Balaban J connectivity index is 1.91. The predicted molar refractivity (Wildman–Crippen MR) is 90.2 cm³/mol. The zero-order chi connectivity index (χ0) is 17.3. The molecule has 2 N–H and O–H groups in total. The number of aromatic amines is 1. The normalized spacial score (nSPS) is 10.8. The highest BCUT2D eigenvalue weighted by molar-refractivity contribution is 6.31. The van der Waals surface area contributed by atoms with E-state index in [0.29, 0.717) is 5.02 Å². The van der Waals surface area contributed by atoms with Crippen LogP contribution in [0.3, 0.4) is 0 Å². The molecule has 0 aliphatic rings. The average Bonchev–Trinajstić information content (AvgIpc) is 2.58. The molecule has 0 spiro atoms. The van der Waals surface area contributed by atoms with Crippen molar-refractivity contribution in [3.8, 4) is 0 Å². The van der Waals surface area contributed by atoms with E-state index in [9.17, 15) is 14.4 Å². The van der Waals surface area contributed by atoms with Crippen LogP contribution in [-0.4, -0.2) is 20.4 Å². The fraction of sp³-hybridized carbons (Fsp3) is 0.125. The number of carbonyl (C=O) groups is 1. The van der Waals surface area contributed by atoms with E-state index in [0.717, 1.165) is 5.56 Å². The molecular formula is C16H13ClN4O3. The second-order valence-electron chi connectivity index (χ2n) is 5.16. The third-order valence-electron chi connectivity index (χ3n) is 3.59. The van der Waals surface area contributed by atoms with Crippen molar-refractivity contribution >= 4 is 28.5 Å². The molecule has 8 heteroatoms. The standard InChI is InChI=1S/C16H13ClN4O3/c1-21-13-10(14(22)20-16(21)24)6-7-12(19-13)15(23)18-8-9-4-2-3-5-11(9)17/h2-7H,8H2,1H3,(H,18,23)(H,20,22,24). The van der Waals surface area contributed by atoms with Crippen molar-refractivity contribution in [1.82, 2.24) is 19.9 Å². The van der Waals surface area contributed by atoms with Crippen molar-refractivity contribution in [1.29, 1.82) is 0 Å². The highest BCUT2D eigenvalue weighted by atomic mass is 35.5. The van der Waals surface area contributed by atoms with Crippen molar-refractivity contribution < 1.29 is 4.79 Å². The molecule has 24 heavy (non-hydrogen) atoms. The van der Waals surface area contributed by atoms with Crippen LogP contribution in [0.4, 0.5) is 0 Å². The van der Waals surface area contributed by atoms with Gasteiger partial charge in [-0.1, -0.05) is 29.8 Å². The molecule has 3 aromatic rings. The Labute approximate surface area is 140 Å². The predicted octanol–water partition coefficient (Wildman–Crippen LogP) is 1.21. The number of aryl methyl sites for hydroxylation is 1. The second kappa shape index (κ2) is 6.29. The summed E-state index contributed by atoms with van der Waals surface area (Å²) in [5, 5.41) is 3.50. The van der Waals surface area contributed by atoms with Crippen molar-refractivity contribution in [3.05, 3.63) is 73.5 Å². The van der Waals surface area contributed by atoms with E-state index in [1.807, 2.05) is 6.07 Å². The number of aromatic nitrogens is 3. The van der Waals surface area contributed by atoms with Crippen LogP contribution in [0.5, 0.6) is 0 Å². The molecule has 7 nitrogen and oxygen atoms in total. The molecule has 0 aliphatic heterocycles. The highest BCUT2D eigenvalue weighted by Gasteiger charge is 2.12. The number of halogens is 1. The summed E-state index contributed by atoms with van der Waals surface area (Å²) in [7, 11) is 1.47. The molecular weight excluding hydrogens is 332 g/mol. The van der Waals surface area contributed by atoms with Crippen LogP contribution in [0, 0.1) is 0 Å². The number of benzene rings is 1. The fourth-order valence-corrected chi connectivity index (χ4v) is 2.46. The molecule has 0 saturated heterocycles. The minimum Gasteiger partial charge on any atom is -0.347 e. The lowest BCUT2D eigenvalue weighted by Gasteiger charge is -2.08. The molecule has 0 radical (unpaired) electrons. The number of H-pyrrole nitrogens is 1. The molecule has 0 saturated carbocycles. The zero-order valence-electron chi connectivity index (χ0n) is 12.7. The first kappa shape index (κ1) is 15.9. The van der Waals surface area contributed by atoms with Gasteiger partial charge in [-0.05, 0) is 23.8 Å².